The molecule has 0 spiro atoms. The average Bonchev–Trinajstić information content (AvgIpc) is 2.14. The third-order valence-corrected chi connectivity index (χ3v) is 1.64. The van der Waals surface area contributed by atoms with Gasteiger partial charge in [-0.25, -0.2) is 9.59 Å². The first-order valence-corrected chi connectivity index (χ1v) is 5.58. The number of hydrogen-bond acceptors (Lipinski definition) is 5. The highest BCUT2D eigenvalue weighted by atomic mass is 16.6. The molecule has 0 saturated carbocycles. The number of aliphatic hydroxyl groups is 1. The molecule has 0 aliphatic rings. The van der Waals surface area contributed by atoms with Crippen molar-refractivity contribution in [3.63, 3.8) is 0 Å². The number of amides is 1. The predicted octanol–water partition coefficient (Wildman–Crippen LogP) is 0.825. The van der Waals surface area contributed by atoms with Crippen LogP contribution in [0, 0.1) is 0 Å². The van der Waals surface area contributed by atoms with E-state index >= 15 is 0 Å². The lowest BCUT2D eigenvalue weighted by atomic mass is 10.2. The molecule has 100 valence electrons. The minimum atomic E-state index is -1.22. The number of ether oxygens (including phenoxy) is 2. The lowest BCUT2D eigenvalue weighted by molar-refractivity contribution is -0.153. The number of alkyl carbamates (subject to hydrolysis) is 1. The molecule has 0 aromatic carbocycles. The Hall–Kier alpha value is -1.30. The van der Waals surface area contributed by atoms with Gasteiger partial charge in [0.25, 0.3) is 0 Å². The van der Waals surface area contributed by atoms with Crippen LogP contribution in [-0.2, 0) is 14.3 Å². The van der Waals surface area contributed by atoms with Gasteiger partial charge in [0.2, 0.25) is 0 Å². The number of esters is 1. The molecule has 0 unspecified atom stereocenters. The summed E-state index contributed by atoms with van der Waals surface area (Å²) in [4.78, 5) is 22.2. The minimum Gasteiger partial charge on any atom is -0.464 e. The van der Waals surface area contributed by atoms with Crippen molar-refractivity contribution in [1.29, 1.82) is 0 Å². The number of hydrogen-bond donors (Lipinski definition) is 2. The van der Waals surface area contributed by atoms with Gasteiger partial charge in [-0.05, 0) is 27.7 Å². The molecule has 6 heteroatoms. The first kappa shape index (κ1) is 15.7. The van der Waals surface area contributed by atoms with Gasteiger partial charge >= 0.3 is 12.1 Å². The number of nitrogens with one attached hydrogen (secondary N) is 1. The fourth-order valence-corrected chi connectivity index (χ4v) is 0.981. The van der Waals surface area contributed by atoms with Crippen LogP contribution in [0.4, 0.5) is 4.79 Å². The van der Waals surface area contributed by atoms with Crippen LogP contribution >= 0.6 is 0 Å². The molecule has 17 heavy (non-hydrogen) atoms. The number of carbonyl (C=O) groups is 2. The molecule has 0 heterocycles. The molecule has 2 N–H and O–H groups in total. The molecule has 0 aromatic heterocycles. The minimum absolute atomic E-state index is 0.0953. The highest BCUT2D eigenvalue weighted by Gasteiger charge is 2.18. The Balaban J connectivity index is 3.77. The fourth-order valence-electron chi connectivity index (χ4n) is 0.981. The van der Waals surface area contributed by atoms with Gasteiger partial charge in [0, 0.05) is 13.0 Å². The maximum Gasteiger partial charge on any atom is 0.407 e. The highest BCUT2D eigenvalue weighted by Crippen LogP contribution is 2.06. The zero-order chi connectivity index (χ0) is 13.5. The van der Waals surface area contributed by atoms with Gasteiger partial charge in [0.15, 0.2) is 6.10 Å². The van der Waals surface area contributed by atoms with Gasteiger partial charge in [-0.3, -0.25) is 0 Å². The van der Waals surface area contributed by atoms with Gasteiger partial charge in [-0.15, -0.1) is 0 Å². The van der Waals surface area contributed by atoms with E-state index in [1.54, 1.807) is 27.7 Å². The van der Waals surface area contributed by atoms with Crippen molar-refractivity contribution in [3.8, 4) is 0 Å². The summed E-state index contributed by atoms with van der Waals surface area (Å²) in [6, 6.07) is 0. The Morgan fingerprint density at radius 2 is 1.94 bits per heavy atom. The molecule has 0 radical (unpaired) electrons. The van der Waals surface area contributed by atoms with E-state index in [-0.39, 0.29) is 19.6 Å². The Morgan fingerprint density at radius 3 is 2.41 bits per heavy atom. The van der Waals surface area contributed by atoms with Gasteiger partial charge < -0.3 is 19.9 Å². The van der Waals surface area contributed by atoms with E-state index in [1.165, 1.54) is 0 Å². The summed E-state index contributed by atoms with van der Waals surface area (Å²) in [6.45, 7) is 7.27. The fraction of sp³-hybridized carbons (Fsp3) is 0.818. The second kappa shape index (κ2) is 7.11. The average molecular weight is 247 g/mol. The summed E-state index contributed by atoms with van der Waals surface area (Å²) in [6.07, 6.45) is -1.70. The van der Waals surface area contributed by atoms with Crippen molar-refractivity contribution in [2.75, 3.05) is 13.2 Å². The zero-order valence-corrected chi connectivity index (χ0v) is 10.8. The molecule has 1 atom stereocenters. The monoisotopic (exact) mass is 247 g/mol. The van der Waals surface area contributed by atoms with Crippen LogP contribution in [-0.4, -0.2) is 42.0 Å². The third-order valence-electron chi connectivity index (χ3n) is 1.64. The summed E-state index contributed by atoms with van der Waals surface area (Å²) >= 11 is 0. The molecule has 0 bridgehead atoms. The van der Waals surface area contributed by atoms with Crippen molar-refractivity contribution in [1.82, 2.24) is 5.32 Å². The summed E-state index contributed by atoms with van der Waals surface area (Å²) < 4.78 is 9.59. The maximum absolute atomic E-state index is 11.2. The molecule has 0 aliphatic carbocycles. The highest BCUT2D eigenvalue weighted by molar-refractivity contribution is 5.74. The maximum atomic E-state index is 11.2. The molecule has 0 rings (SSSR count). The first-order valence-electron chi connectivity index (χ1n) is 5.58. The normalized spacial score (nSPS) is 12.8. The predicted molar refractivity (Wildman–Crippen MR) is 61.5 cm³/mol. The summed E-state index contributed by atoms with van der Waals surface area (Å²) in [5, 5.41) is 11.8. The number of aliphatic hydroxyl groups excluding tert-OH is 1. The van der Waals surface area contributed by atoms with Gasteiger partial charge in [0.1, 0.15) is 5.60 Å². The third kappa shape index (κ3) is 8.50. The van der Waals surface area contributed by atoms with E-state index in [1.807, 2.05) is 0 Å². The number of carbonyl (C=O) groups excluding carboxylic acids is 2. The van der Waals surface area contributed by atoms with Crippen molar-refractivity contribution in [2.24, 2.45) is 0 Å². The van der Waals surface area contributed by atoms with Gasteiger partial charge in [0.05, 0.1) is 6.61 Å². The van der Waals surface area contributed by atoms with Crippen LogP contribution in [0.3, 0.4) is 0 Å². The zero-order valence-electron chi connectivity index (χ0n) is 10.8. The summed E-state index contributed by atoms with van der Waals surface area (Å²) in [7, 11) is 0. The molecule has 0 aromatic rings. The Kier molecular flexibility index (Phi) is 6.57. The smallest absolute Gasteiger partial charge is 0.407 e. The lowest BCUT2D eigenvalue weighted by Crippen LogP contribution is -2.35. The van der Waals surface area contributed by atoms with Crippen molar-refractivity contribution >= 4 is 12.1 Å². The van der Waals surface area contributed by atoms with Crippen LogP contribution in [0.25, 0.3) is 0 Å². The van der Waals surface area contributed by atoms with Crippen LogP contribution in [0.1, 0.15) is 34.1 Å². The van der Waals surface area contributed by atoms with E-state index in [0.717, 1.165) is 0 Å². The quantitative estimate of drug-likeness (QED) is 0.703. The second-order valence-corrected chi connectivity index (χ2v) is 4.49. The van der Waals surface area contributed by atoms with E-state index in [9.17, 15) is 14.7 Å². The molecular formula is C11H21NO5. The second-order valence-electron chi connectivity index (χ2n) is 4.49. The molecule has 6 nitrogen and oxygen atoms in total. The van der Waals surface area contributed by atoms with E-state index < -0.39 is 23.8 Å². The van der Waals surface area contributed by atoms with Crippen LogP contribution in [0.5, 0.6) is 0 Å². The SMILES string of the molecule is CCOC(=O)[C@H](O)CCNC(=O)OC(C)(C)C. The lowest BCUT2D eigenvalue weighted by Gasteiger charge is -2.19. The molecular weight excluding hydrogens is 226 g/mol. The van der Waals surface area contributed by atoms with Crippen molar-refractivity contribution in [3.05, 3.63) is 0 Å². The van der Waals surface area contributed by atoms with Crippen molar-refractivity contribution in [2.45, 2.75) is 45.8 Å². The summed E-state index contributed by atoms with van der Waals surface area (Å²) in [5.74, 6) is -0.682. The van der Waals surface area contributed by atoms with E-state index in [0.29, 0.717) is 0 Å². The molecule has 0 aliphatic heterocycles. The van der Waals surface area contributed by atoms with E-state index in [2.05, 4.69) is 10.1 Å². The Labute approximate surface area is 101 Å². The van der Waals surface area contributed by atoms with Crippen LogP contribution < -0.4 is 5.32 Å². The largest absolute Gasteiger partial charge is 0.464 e. The topological polar surface area (TPSA) is 84.9 Å². The van der Waals surface area contributed by atoms with Gasteiger partial charge in [-0.1, -0.05) is 0 Å². The molecule has 1 amide bonds. The summed E-state index contributed by atoms with van der Waals surface area (Å²) in [5.41, 5.74) is -0.566. The standard InChI is InChI=1S/C11H21NO5/c1-5-16-9(14)8(13)6-7-12-10(15)17-11(2,3)4/h8,13H,5-7H2,1-4H3,(H,12,15)/t8-/m1/s1. The number of rotatable bonds is 5. The van der Waals surface area contributed by atoms with Crippen molar-refractivity contribution < 1.29 is 24.2 Å². The van der Waals surface area contributed by atoms with E-state index in [4.69, 9.17) is 4.74 Å². The molecule has 0 fully saturated rings. The Morgan fingerprint density at radius 1 is 1.35 bits per heavy atom. The first-order chi connectivity index (χ1) is 7.76. The Bertz CT molecular complexity index is 259. The van der Waals surface area contributed by atoms with Gasteiger partial charge in [-0.2, -0.15) is 0 Å². The van der Waals surface area contributed by atoms with Crippen LogP contribution in [0.15, 0.2) is 0 Å². The molecule has 0 saturated heterocycles. The van der Waals surface area contributed by atoms with Crippen LogP contribution in [0.2, 0.25) is 0 Å².